The first-order valence-electron chi connectivity index (χ1n) is 23.4. The third-order valence-electron chi connectivity index (χ3n) is 10.7. The first kappa shape index (κ1) is 65.3. The van der Waals surface area contributed by atoms with Gasteiger partial charge in [-0.15, -0.1) is 0 Å². The number of thiol groups is 2. The fourth-order valence-corrected chi connectivity index (χ4v) is 7.30. The van der Waals surface area contributed by atoms with Crippen molar-refractivity contribution in [3.05, 3.63) is 29.8 Å². The van der Waals surface area contributed by atoms with E-state index in [0.29, 0.717) is 5.56 Å². The smallest absolute Gasteiger partial charge is 0.326 e. The lowest BCUT2D eigenvalue weighted by atomic mass is 10.0. The Morgan fingerprint density at radius 2 is 0.811 bits per heavy atom. The highest BCUT2D eigenvalue weighted by atomic mass is 32.1. The number of hydrogen-bond donors (Lipinski definition) is 17. The van der Waals surface area contributed by atoms with Crippen LogP contribution in [0.2, 0.25) is 0 Å². The van der Waals surface area contributed by atoms with Crippen molar-refractivity contribution in [2.45, 2.75) is 140 Å². The third-order valence-corrected chi connectivity index (χ3v) is 11.5. The molecule has 1 aromatic rings. The normalized spacial score (nSPS) is 14.7. The van der Waals surface area contributed by atoms with Gasteiger partial charge >= 0.3 is 11.9 Å². The highest BCUT2D eigenvalue weighted by molar-refractivity contribution is 7.80. The number of phenols is 1. The summed E-state index contributed by atoms with van der Waals surface area (Å²) in [6.45, 7) is 5.73. The molecular formula is C45H71N11O16S2. The van der Waals surface area contributed by atoms with Crippen LogP contribution in [-0.4, -0.2) is 164 Å². The molecule has 0 fully saturated rings. The van der Waals surface area contributed by atoms with E-state index in [1.165, 1.54) is 24.3 Å². The zero-order chi connectivity index (χ0) is 56.4. The average Bonchev–Trinajstić information content (AvgIpc) is 3.31. The molecule has 0 saturated carbocycles. The molecule has 0 bridgehead atoms. The molecule has 0 saturated heterocycles. The predicted octanol–water partition coefficient (Wildman–Crippen LogP) is -4.44. The number of nitrogens with one attached hydrogen (secondary N) is 8. The molecule has 29 heteroatoms. The maximum absolute atomic E-state index is 13.9. The van der Waals surface area contributed by atoms with E-state index in [1.807, 2.05) is 0 Å². The maximum Gasteiger partial charge on any atom is 0.326 e. The van der Waals surface area contributed by atoms with Gasteiger partial charge in [-0.25, -0.2) is 4.79 Å². The Morgan fingerprint density at radius 3 is 1.19 bits per heavy atom. The van der Waals surface area contributed by atoms with Gasteiger partial charge in [0.25, 0.3) is 0 Å². The highest BCUT2D eigenvalue weighted by Crippen LogP contribution is 2.13. The van der Waals surface area contributed by atoms with Crippen molar-refractivity contribution in [1.82, 2.24) is 42.5 Å². The highest BCUT2D eigenvalue weighted by Gasteiger charge is 2.35. The number of carboxylic acid groups (broad SMARTS) is 2. The standard InChI is InChI=1S/C45H71N11O16S2/c1-21(2)15-29(41(67)55-33(20-74)44(70)56-32(19-73)43(69)51-27(10-13-35(48)60)39(65)53-30(45(71)72)16-22(3)4)52-38(64)26(9-12-34(47)59)50-42(68)31(18-57)54-40(66)28(11-14-36(61)62)49-37(63)25(46)17-23-5-7-24(58)8-6-23/h5-8,21-22,25-33,57-58,73-74H,9-20,46H2,1-4H3,(H2,47,59)(H2,48,60)(H,49,63)(H,50,68)(H,51,69)(H,52,64)(H,53,65)(H,54,66)(H,55,67)(H,56,70)(H,61,62)(H,71,72)/t25-,26-,27-,28-,29-,30-,31-,32-,33-/m0/s1. The Kier molecular flexibility index (Phi) is 29.3. The monoisotopic (exact) mass is 1090 g/mol. The Bertz CT molecular complexity index is 2140. The number of rotatable bonds is 35. The van der Waals surface area contributed by atoms with Gasteiger partial charge in [0.05, 0.1) is 12.6 Å². The van der Waals surface area contributed by atoms with E-state index in [0.717, 1.165) is 0 Å². The number of primary amides is 2. The number of amides is 10. The summed E-state index contributed by atoms with van der Waals surface area (Å²) in [5.74, 6) is -13.8. The molecule has 1 aromatic carbocycles. The number of aliphatic carboxylic acids is 2. The summed E-state index contributed by atoms with van der Waals surface area (Å²) >= 11 is 8.29. The van der Waals surface area contributed by atoms with Crippen molar-refractivity contribution in [2.75, 3.05) is 18.1 Å². The van der Waals surface area contributed by atoms with E-state index in [2.05, 4.69) is 67.8 Å². The van der Waals surface area contributed by atoms with Crippen LogP contribution in [-0.2, 0) is 64.0 Å². The second-order valence-corrected chi connectivity index (χ2v) is 18.8. The fraction of sp³-hybridized carbons (Fsp3) is 0.600. The van der Waals surface area contributed by atoms with Crippen molar-refractivity contribution in [2.24, 2.45) is 29.0 Å². The lowest BCUT2D eigenvalue weighted by Crippen LogP contribution is -2.61. The van der Waals surface area contributed by atoms with Crippen molar-refractivity contribution in [1.29, 1.82) is 0 Å². The molecule has 0 radical (unpaired) electrons. The van der Waals surface area contributed by atoms with Crippen molar-refractivity contribution in [3.63, 3.8) is 0 Å². The van der Waals surface area contributed by atoms with Crippen LogP contribution in [0.5, 0.6) is 5.75 Å². The first-order valence-corrected chi connectivity index (χ1v) is 24.7. The molecule has 0 unspecified atom stereocenters. The lowest BCUT2D eigenvalue weighted by Gasteiger charge is -2.28. The molecule has 10 amide bonds. The van der Waals surface area contributed by atoms with Gasteiger partial charge in [0, 0.05) is 30.8 Å². The molecule has 414 valence electrons. The van der Waals surface area contributed by atoms with E-state index in [4.69, 9.17) is 17.2 Å². The third kappa shape index (κ3) is 24.8. The number of benzene rings is 1. The van der Waals surface area contributed by atoms with Gasteiger partial charge < -0.3 is 80.2 Å². The number of phenolic OH excluding ortho intramolecular Hbond substituents is 1. The number of aromatic hydroxyl groups is 1. The second kappa shape index (κ2) is 33.2. The second-order valence-electron chi connectivity index (χ2n) is 18.1. The van der Waals surface area contributed by atoms with Crippen molar-refractivity contribution in [3.8, 4) is 5.75 Å². The molecule has 0 aliphatic heterocycles. The Balaban J connectivity index is 3.26. The van der Waals surface area contributed by atoms with Crippen LogP contribution < -0.4 is 59.7 Å². The van der Waals surface area contributed by atoms with Crippen LogP contribution >= 0.6 is 25.3 Å². The van der Waals surface area contributed by atoms with Gasteiger partial charge in [-0.2, -0.15) is 25.3 Å². The summed E-state index contributed by atoms with van der Waals surface area (Å²) in [6, 6.07) is -7.87. The van der Waals surface area contributed by atoms with Gasteiger partial charge in [0.15, 0.2) is 0 Å². The van der Waals surface area contributed by atoms with Crippen LogP contribution in [0, 0.1) is 11.8 Å². The zero-order valence-corrected chi connectivity index (χ0v) is 43.2. The van der Waals surface area contributed by atoms with E-state index in [1.54, 1.807) is 27.7 Å². The minimum atomic E-state index is -1.84. The molecule has 27 nitrogen and oxygen atoms in total. The van der Waals surface area contributed by atoms with Gasteiger partial charge in [0.1, 0.15) is 54.1 Å². The average molecular weight is 1090 g/mol. The molecular weight excluding hydrogens is 1010 g/mol. The topological polar surface area (TPSA) is 460 Å². The molecule has 0 heterocycles. The summed E-state index contributed by atoms with van der Waals surface area (Å²) in [5, 5.41) is 57.4. The Hall–Kier alpha value is -6.72. The van der Waals surface area contributed by atoms with E-state index < -0.39 is 158 Å². The number of nitrogens with two attached hydrogens (primary N) is 3. The van der Waals surface area contributed by atoms with Gasteiger partial charge in [0.2, 0.25) is 59.1 Å². The molecule has 18 N–H and O–H groups in total. The van der Waals surface area contributed by atoms with Gasteiger partial charge in [-0.1, -0.05) is 39.8 Å². The quantitative estimate of drug-likeness (QED) is 0.0285. The number of carbonyl (C=O) groups is 12. The van der Waals surface area contributed by atoms with Crippen LogP contribution in [0.15, 0.2) is 24.3 Å². The number of carbonyl (C=O) groups excluding carboxylic acids is 10. The van der Waals surface area contributed by atoms with Crippen molar-refractivity contribution < 1.29 is 78.0 Å². The molecule has 0 aromatic heterocycles. The Labute approximate surface area is 438 Å². The van der Waals surface area contributed by atoms with Crippen LogP contribution in [0.4, 0.5) is 0 Å². The van der Waals surface area contributed by atoms with Crippen LogP contribution in [0.3, 0.4) is 0 Å². The Morgan fingerprint density at radius 1 is 0.486 bits per heavy atom. The summed E-state index contributed by atoms with van der Waals surface area (Å²) in [7, 11) is 0. The molecule has 0 spiro atoms. The van der Waals surface area contributed by atoms with Crippen LogP contribution in [0.25, 0.3) is 0 Å². The van der Waals surface area contributed by atoms with Crippen molar-refractivity contribution >= 4 is 96.3 Å². The lowest BCUT2D eigenvalue weighted by molar-refractivity contribution is -0.143. The molecule has 0 aliphatic rings. The maximum atomic E-state index is 13.9. The van der Waals surface area contributed by atoms with Crippen LogP contribution in [0.1, 0.15) is 84.6 Å². The minimum Gasteiger partial charge on any atom is -0.508 e. The van der Waals surface area contributed by atoms with Gasteiger partial charge in [-0.3, -0.25) is 52.7 Å². The predicted molar refractivity (Wildman–Crippen MR) is 270 cm³/mol. The minimum absolute atomic E-state index is 0.0389. The van der Waals surface area contributed by atoms with E-state index in [-0.39, 0.29) is 61.2 Å². The number of hydrogen-bond acceptors (Lipinski definition) is 17. The first-order chi connectivity index (χ1) is 34.6. The summed E-state index contributed by atoms with van der Waals surface area (Å²) in [6.07, 6.45) is -2.90. The van der Waals surface area contributed by atoms with Gasteiger partial charge in [-0.05, 0) is 68.1 Å². The zero-order valence-electron chi connectivity index (χ0n) is 41.5. The molecule has 9 atom stereocenters. The summed E-state index contributed by atoms with van der Waals surface area (Å²) in [4.78, 5) is 154. The number of aliphatic hydroxyl groups excluding tert-OH is 1. The summed E-state index contributed by atoms with van der Waals surface area (Å²) < 4.78 is 0. The van der Waals surface area contributed by atoms with E-state index >= 15 is 0 Å². The summed E-state index contributed by atoms with van der Waals surface area (Å²) in [5.41, 5.74) is 17.1. The molecule has 74 heavy (non-hydrogen) atoms. The number of carboxylic acids is 2. The molecule has 0 aliphatic carbocycles. The fourth-order valence-electron chi connectivity index (χ4n) is 6.79. The van der Waals surface area contributed by atoms with E-state index in [9.17, 15) is 78.0 Å². The SMILES string of the molecule is CC(C)C[C@H](NC(=O)[C@H](CCC(N)=O)NC(=O)[C@H](CS)NC(=O)[C@H](CS)NC(=O)[C@H](CC(C)C)NC(=O)[C@H](CCC(N)=O)NC(=O)[C@H](CO)NC(=O)[C@H](CCC(=O)O)NC(=O)[C@@H](N)Cc1ccc(O)cc1)C(=O)O. The number of aliphatic hydroxyl groups is 1. The molecule has 1 rings (SSSR count). The largest absolute Gasteiger partial charge is 0.508 e.